The molecule has 19 heavy (non-hydrogen) atoms. The smallest absolute Gasteiger partial charge is 0.415 e. The lowest BCUT2D eigenvalue weighted by atomic mass is 10.3. The molecule has 1 fully saturated rings. The van der Waals surface area contributed by atoms with Crippen molar-refractivity contribution in [2.45, 2.75) is 6.10 Å². The highest BCUT2D eigenvalue weighted by Crippen LogP contribution is 2.25. The molecule has 3 amide bonds. The Kier molecular flexibility index (Phi) is 4.40. The molecule has 0 bridgehead atoms. The fraction of sp³-hybridized carbons (Fsp3) is 0.333. The number of carbonyl (C=O) groups is 2. The molecule has 0 aromatic carbocycles. The SMILES string of the molecule is C=CCNC(=O)NCC1CN(c2cccs2)C(=O)O1. The van der Waals surface area contributed by atoms with Crippen LogP contribution in [-0.2, 0) is 4.74 Å². The molecule has 0 saturated carbocycles. The maximum absolute atomic E-state index is 11.7. The zero-order chi connectivity index (χ0) is 13.7. The van der Waals surface area contributed by atoms with E-state index in [9.17, 15) is 9.59 Å². The average Bonchev–Trinajstić information content (AvgIpc) is 3.02. The number of amides is 3. The fourth-order valence-corrected chi connectivity index (χ4v) is 2.40. The van der Waals surface area contributed by atoms with Gasteiger partial charge in [-0.15, -0.1) is 17.9 Å². The quantitative estimate of drug-likeness (QED) is 0.805. The molecule has 0 aliphatic carbocycles. The Bertz CT molecular complexity index is 461. The summed E-state index contributed by atoms with van der Waals surface area (Å²) >= 11 is 1.48. The predicted molar refractivity (Wildman–Crippen MR) is 73.5 cm³/mol. The Hall–Kier alpha value is -2.02. The first-order chi connectivity index (χ1) is 9.20. The minimum atomic E-state index is -0.374. The lowest BCUT2D eigenvalue weighted by Gasteiger charge is -2.11. The van der Waals surface area contributed by atoms with E-state index in [-0.39, 0.29) is 24.8 Å². The van der Waals surface area contributed by atoms with Gasteiger partial charge in [-0.05, 0) is 17.5 Å². The molecular formula is C12H15N3O3S. The molecule has 0 radical (unpaired) electrons. The normalized spacial score (nSPS) is 18.0. The van der Waals surface area contributed by atoms with Crippen molar-refractivity contribution in [3.05, 3.63) is 30.2 Å². The lowest BCUT2D eigenvalue weighted by Crippen LogP contribution is -2.40. The van der Waals surface area contributed by atoms with Gasteiger partial charge in [0, 0.05) is 6.54 Å². The number of thiophene rings is 1. The zero-order valence-electron chi connectivity index (χ0n) is 10.3. The third-order valence-corrected chi connectivity index (χ3v) is 3.43. The number of nitrogens with zero attached hydrogens (tertiary/aromatic N) is 1. The van der Waals surface area contributed by atoms with Crippen molar-refractivity contribution < 1.29 is 14.3 Å². The fourth-order valence-electron chi connectivity index (χ4n) is 1.67. The van der Waals surface area contributed by atoms with Crippen molar-refractivity contribution in [1.82, 2.24) is 10.6 Å². The number of ether oxygens (including phenoxy) is 1. The van der Waals surface area contributed by atoms with E-state index in [1.54, 1.807) is 11.0 Å². The van der Waals surface area contributed by atoms with Crippen molar-refractivity contribution in [2.75, 3.05) is 24.5 Å². The van der Waals surface area contributed by atoms with Crippen molar-refractivity contribution in [1.29, 1.82) is 0 Å². The standard InChI is InChI=1S/C12H15N3O3S/c1-2-5-13-11(16)14-7-9-8-15(12(17)18-9)10-4-3-6-19-10/h2-4,6,9H,1,5,7-8H2,(H2,13,14,16). The molecule has 1 aromatic heterocycles. The van der Waals surface area contributed by atoms with E-state index in [2.05, 4.69) is 17.2 Å². The van der Waals surface area contributed by atoms with Crippen molar-refractivity contribution in [3.8, 4) is 0 Å². The van der Waals surface area contributed by atoms with Crippen molar-refractivity contribution in [3.63, 3.8) is 0 Å². The molecule has 102 valence electrons. The summed E-state index contributed by atoms with van der Waals surface area (Å²) in [7, 11) is 0. The van der Waals surface area contributed by atoms with Gasteiger partial charge in [-0.3, -0.25) is 4.90 Å². The molecule has 1 aliphatic heterocycles. The summed E-state index contributed by atoms with van der Waals surface area (Å²) in [4.78, 5) is 24.6. The molecule has 1 atom stereocenters. The van der Waals surface area contributed by atoms with Gasteiger partial charge >= 0.3 is 12.1 Å². The number of hydrogen-bond acceptors (Lipinski definition) is 4. The van der Waals surface area contributed by atoms with Crippen LogP contribution in [0.15, 0.2) is 30.2 Å². The number of urea groups is 1. The Labute approximate surface area is 115 Å². The van der Waals surface area contributed by atoms with E-state index >= 15 is 0 Å². The van der Waals surface area contributed by atoms with E-state index in [1.807, 2.05) is 17.5 Å². The Balaban J connectivity index is 1.80. The van der Waals surface area contributed by atoms with Crippen LogP contribution in [0.2, 0.25) is 0 Å². The molecular weight excluding hydrogens is 266 g/mol. The second-order valence-electron chi connectivity index (χ2n) is 3.95. The molecule has 0 spiro atoms. The van der Waals surface area contributed by atoms with Gasteiger partial charge in [0.1, 0.15) is 11.1 Å². The van der Waals surface area contributed by atoms with Gasteiger partial charge < -0.3 is 15.4 Å². The van der Waals surface area contributed by atoms with Crippen LogP contribution in [0.25, 0.3) is 0 Å². The zero-order valence-corrected chi connectivity index (χ0v) is 11.1. The second-order valence-corrected chi connectivity index (χ2v) is 4.87. The highest BCUT2D eigenvalue weighted by molar-refractivity contribution is 7.14. The predicted octanol–water partition coefficient (Wildman–Crippen LogP) is 1.56. The number of anilines is 1. The topological polar surface area (TPSA) is 70.7 Å². The summed E-state index contributed by atoms with van der Waals surface area (Å²) in [6.07, 6.45) is 0.887. The summed E-state index contributed by atoms with van der Waals surface area (Å²) in [6.45, 7) is 4.64. The average molecular weight is 281 g/mol. The molecule has 1 saturated heterocycles. The Morgan fingerprint density at radius 2 is 2.47 bits per heavy atom. The first-order valence-electron chi connectivity index (χ1n) is 5.85. The first kappa shape index (κ1) is 13.4. The molecule has 7 heteroatoms. The van der Waals surface area contributed by atoms with Crippen LogP contribution in [0, 0.1) is 0 Å². The summed E-state index contributed by atoms with van der Waals surface area (Å²) in [5.74, 6) is 0. The van der Waals surface area contributed by atoms with Crippen molar-refractivity contribution in [2.24, 2.45) is 0 Å². The van der Waals surface area contributed by atoms with Crippen LogP contribution in [0.1, 0.15) is 0 Å². The van der Waals surface area contributed by atoms with E-state index in [0.29, 0.717) is 13.1 Å². The Morgan fingerprint density at radius 1 is 1.63 bits per heavy atom. The van der Waals surface area contributed by atoms with Crippen molar-refractivity contribution >= 4 is 28.5 Å². The van der Waals surface area contributed by atoms with E-state index in [1.165, 1.54) is 11.3 Å². The summed E-state index contributed by atoms with van der Waals surface area (Å²) in [5.41, 5.74) is 0. The number of carbonyl (C=O) groups excluding carboxylic acids is 2. The summed E-state index contributed by atoms with van der Waals surface area (Å²) in [5, 5.41) is 7.98. The van der Waals surface area contributed by atoms with Gasteiger partial charge in [0.2, 0.25) is 0 Å². The largest absolute Gasteiger partial charge is 0.442 e. The van der Waals surface area contributed by atoms with Gasteiger partial charge in [0.05, 0.1) is 13.1 Å². The molecule has 1 aliphatic rings. The third-order valence-electron chi connectivity index (χ3n) is 2.54. The van der Waals surface area contributed by atoms with Gasteiger partial charge in [-0.2, -0.15) is 0 Å². The maximum Gasteiger partial charge on any atom is 0.415 e. The molecule has 1 aromatic rings. The second kappa shape index (κ2) is 6.24. The molecule has 2 heterocycles. The lowest BCUT2D eigenvalue weighted by molar-refractivity contribution is 0.140. The van der Waals surface area contributed by atoms with E-state index < -0.39 is 0 Å². The van der Waals surface area contributed by atoms with Gasteiger partial charge in [0.15, 0.2) is 0 Å². The number of nitrogens with one attached hydrogen (secondary N) is 2. The minimum Gasteiger partial charge on any atom is -0.442 e. The molecule has 2 N–H and O–H groups in total. The van der Waals surface area contributed by atoms with E-state index in [4.69, 9.17) is 4.74 Å². The highest BCUT2D eigenvalue weighted by atomic mass is 32.1. The minimum absolute atomic E-state index is 0.288. The van der Waals surface area contributed by atoms with Crippen LogP contribution in [0.5, 0.6) is 0 Å². The van der Waals surface area contributed by atoms with Crippen LogP contribution in [-0.4, -0.2) is 37.9 Å². The van der Waals surface area contributed by atoms with Crippen LogP contribution < -0.4 is 15.5 Å². The van der Waals surface area contributed by atoms with Gasteiger partial charge in [-0.25, -0.2) is 9.59 Å². The monoisotopic (exact) mass is 281 g/mol. The van der Waals surface area contributed by atoms with Gasteiger partial charge in [0.25, 0.3) is 0 Å². The molecule has 2 rings (SSSR count). The molecule has 1 unspecified atom stereocenters. The Morgan fingerprint density at radius 3 is 3.16 bits per heavy atom. The summed E-state index contributed by atoms with van der Waals surface area (Å²) < 4.78 is 5.18. The van der Waals surface area contributed by atoms with Crippen LogP contribution >= 0.6 is 11.3 Å². The maximum atomic E-state index is 11.7. The first-order valence-corrected chi connectivity index (χ1v) is 6.73. The number of rotatable bonds is 5. The summed E-state index contributed by atoms with van der Waals surface area (Å²) in [6, 6.07) is 3.44. The van der Waals surface area contributed by atoms with Crippen LogP contribution in [0.3, 0.4) is 0 Å². The highest BCUT2D eigenvalue weighted by Gasteiger charge is 2.32. The third kappa shape index (κ3) is 3.47. The van der Waals surface area contributed by atoms with Gasteiger partial charge in [-0.1, -0.05) is 6.08 Å². The van der Waals surface area contributed by atoms with Crippen LogP contribution in [0.4, 0.5) is 14.6 Å². The molecule has 6 nitrogen and oxygen atoms in total. The number of cyclic esters (lactones) is 1. The van der Waals surface area contributed by atoms with E-state index in [0.717, 1.165) is 5.00 Å². The number of hydrogen-bond donors (Lipinski definition) is 2.